The lowest BCUT2D eigenvalue weighted by Crippen LogP contribution is -2.44. The number of hydrogen-bond donors (Lipinski definition) is 2. The predicted molar refractivity (Wildman–Crippen MR) is 73.8 cm³/mol. The summed E-state index contributed by atoms with van der Waals surface area (Å²) in [6.07, 6.45) is 0. The number of amides is 3. The van der Waals surface area contributed by atoms with E-state index in [-0.39, 0.29) is 12.6 Å². The SMILES string of the molecule is CC(C)NC(=O)NC(=O)COc1cc(Cl)cc(Cl)c1. The summed E-state index contributed by atoms with van der Waals surface area (Å²) in [7, 11) is 0. The summed E-state index contributed by atoms with van der Waals surface area (Å²) in [4.78, 5) is 22.7. The topological polar surface area (TPSA) is 67.4 Å². The largest absolute Gasteiger partial charge is 0.484 e. The van der Waals surface area contributed by atoms with E-state index >= 15 is 0 Å². The average molecular weight is 305 g/mol. The summed E-state index contributed by atoms with van der Waals surface area (Å²) in [5.74, 6) is -0.203. The van der Waals surface area contributed by atoms with Crippen LogP contribution in [0.5, 0.6) is 5.75 Å². The third-order valence-electron chi connectivity index (χ3n) is 1.88. The molecule has 0 aromatic heterocycles. The molecule has 3 amide bonds. The monoisotopic (exact) mass is 304 g/mol. The zero-order valence-corrected chi connectivity index (χ0v) is 12.0. The number of hydrogen-bond acceptors (Lipinski definition) is 3. The van der Waals surface area contributed by atoms with Gasteiger partial charge in [-0.2, -0.15) is 0 Å². The molecule has 1 rings (SSSR count). The van der Waals surface area contributed by atoms with Crippen molar-refractivity contribution < 1.29 is 14.3 Å². The highest BCUT2D eigenvalue weighted by Crippen LogP contribution is 2.23. The normalized spacial score (nSPS) is 10.2. The molecule has 19 heavy (non-hydrogen) atoms. The van der Waals surface area contributed by atoms with Crippen molar-refractivity contribution in [3.63, 3.8) is 0 Å². The number of benzene rings is 1. The molecule has 0 saturated carbocycles. The van der Waals surface area contributed by atoms with Gasteiger partial charge >= 0.3 is 6.03 Å². The van der Waals surface area contributed by atoms with Crippen LogP contribution in [0.25, 0.3) is 0 Å². The molecule has 0 radical (unpaired) electrons. The second-order valence-electron chi connectivity index (χ2n) is 4.07. The average Bonchev–Trinajstić information content (AvgIpc) is 2.23. The van der Waals surface area contributed by atoms with Crippen LogP contribution in [0.1, 0.15) is 13.8 Å². The Balaban J connectivity index is 2.43. The first kappa shape index (κ1) is 15.6. The molecule has 0 aliphatic heterocycles. The van der Waals surface area contributed by atoms with Crippen LogP contribution in [-0.4, -0.2) is 24.6 Å². The van der Waals surface area contributed by atoms with E-state index in [0.29, 0.717) is 15.8 Å². The number of urea groups is 1. The summed E-state index contributed by atoms with van der Waals surface area (Å²) in [6, 6.07) is 3.98. The van der Waals surface area contributed by atoms with Crippen molar-refractivity contribution in [3.8, 4) is 5.75 Å². The highest BCUT2D eigenvalue weighted by atomic mass is 35.5. The first-order valence-electron chi connectivity index (χ1n) is 5.56. The van der Waals surface area contributed by atoms with E-state index in [1.165, 1.54) is 12.1 Å². The summed E-state index contributed by atoms with van der Waals surface area (Å²) >= 11 is 11.6. The van der Waals surface area contributed by atoms with E-state index in [0.717, 1.165) is 0 Å². The van der Waals surface area contributed by atoms with Crippen LogP contribution in [0.4, 0.5) is 4.79 Å². The van der Waals surface area contributed by atoms with E-state index in [9.17, 15) is 9.59 Å². The first-order valence-corrected chi connectivity index (χ1v) is 6.31. The fraction of sp³-hybridized carbons (Fsp3) is 0.333. The Labute approximate surface area is 121 Å². The van der Waals surface area contributed by atoms with Crippen molar-refractivity contribution in [1.29, 1.82) is 0 Å². The van der Waals surface area contributed by atoms with Crippen molar-refractivity contribution in [2.75, 3.05) is 6.61 Å². The third kappa shape index (κ3) is 6.31. The van der Waals surface area contributed by atoms with Gasteiger partial charge < -0.3 is 10.1 Å². The van der Waals surface area contributed by atoms with Gasteiger partial charge in [0.1, 0.15) is 5.75 Å². The molecule has 104 valence electrons. The molecule has 0 heterocycles. The standard InChI is InChI=1S/C12H14Cl2N2O3/c1-7(2)15-12(18)16-11(17)6-19-10-4-8(13)3-9(14)5-10/h3-5,7H,6H2,1-2H3,(H2,15,16,17,18). The Morgan fingerprint density at radius 3 is 2.32 bits per heavy atom. The highest BCUT2D eigenvalue weighted by molar-refractivity contribution is 6.34. The number of ether oxygens (including phenoxy) is 1. The summed E-state index contributed by atoms with van der Waals surface area (Å²) in [5.41, 5.74) is 0. The Bertz CT molecular complexity index is 458. The second kappa shape index (κ2) is 7.21. The molecular weight excluding hydrogens is 291 g/mol. The quantitative estimate of drug-likeness (QED) is 0.898. The van der Waals surface area contributed by atoms with E-state index in [2.05, 4.69) is 10.6 Å². The molecule has 0 saturated heterocycles. The molecule has 0 spiro atoms. The van der Waals surface area contributed by atoms with Crippen LogP contribution in [0, 0.1) is 0 Å². The van der Waals surface area contributed by atoms with Gasteiger partial charge in [-0.1, -0.05) is 23.2 Å². The van der Waals surface area contributed by atoms with Crippen LogP contribution in [-0.2, 0) is 4.79 Å². The summed E-state index contributed by atoms with van der Waals surface area (Å²) in [6.45, 7) is 3.27. The molecule has 5 nitrogen and oxygen atoms in total. The molecular formula is C12H14Cl2N2O3. The van der Waals surface area contributed by atoms with E-state index < -0.39 is 11.9 Å². The second-order valence-corrected chi connectivity index (χ2v) is 4.94. The summed E-state index contributed by atoms with van der Waals surface area (Å²) < 4.78 is 5.17. The van der Waals surface area contributed by atoms with Crippen molar-refractivity contribution in [1.82, 2.24) is 10.6 Å². The minimum Gasteiger partial charge on any atom is -0.484 e. The molecule has 0 aliphatic carbocycles. The number of rotatable bonds is 4. The van der Waals surface area contributed by atoms with E-state index in [1.54, 1.807) is 19.9 Å². The fourth-order valence-electron chi connectivity index (χ4n) is 1.22. The predicted octanol–water partition coefficient (Wildman–Crippen LogP) is 2.61. The van der Waals surface area contributed by atoms with E-state index in [1.807, 2.05) is 0 Å². The first-order chi connectivity index (χ1) is 8.86. The number of imide groups is 1. The van der Waals surface area contributed by atoms with Gasteiger partial charge in [0.25, 0.3) is 5.91 Å². The minimum absolute atomic E-state index is 0.0551. The van der Waals surface area contributed by atoms with Crippen molar-refractivity contribution in [2.45, 2.75) is 19.9 Å². The number of halogens is 2. The molecule has 0 atom stereocenters. The Morgan fingerprint density at radius 1 is 1.21 bits per heavy atom. The third-order valence-corrected chi connectivity index (χ3v) is 2.32. The van der Waals surface area contributed by atoms with Crippen molar-refractivity contribution in [2.24, 2.45) is 0 Å². The lowest BCUT2D eigenvalue weighted by atomic mass is 10.3. The van der Waals surface area contributed by atoms with Crippen molar-refractivity contribution in [3.05, 3.63) is 28.2 Å². The van der Waals surface area contributed by atoms with Gasteiger partial charge in [-0.25, -0.2) is 4.79 Å². The lowest BCUT2D eigenvalue weighted by molar-refractivity contribution is -0.122. The molecule has 7 heteroatoms. The molecule has 0 aliphatic rings. The van der Waals surface area contributed by atoms with Gasteiger partial charge in [0.05, 0.1) is 0 Å². The smallest absolute Gasteiger partial charge is 0.321 e. The van der Waals surface area contributed by atoms with Gasteiger partial charge in [-0.05, 0) is 32.0 Å². The molecule has 2 N–H and O–H groups in total. The van der Waals surface area contributed by atoms with E-state index in [4.69, 9.17) is 27.9 Å². The molecule has 1 aromatic rings. The van der Waals surface area contributed by atoms with Crippen molar-refractivity contribution >= 4 is 35.1 Å². The number of nitrogens with one attached hydrogen (secondary N) is 2. The van der Waals surface area contributed by atoms with Gasteiger partial charge in [0.2, 0.25) is 0 Å². The maximum Gasteiger partial charge on any atom is 0.321 e. The van der Waals surface area contributed by atoms with Crippen LogP contribution in [0.15, 0.2) is 18.2 Å². The maximum atomic E-state index is 11.4. The maximum absolute atomic E-state index is 11.4. The summed E-state index contributed by atoms with van der Waals surface area (Å²) in [5, 5.41) is 5.46. The van der Waals surface area contributed by atoms with Gasteiger partial charge in [0, 0.05) is 16.1 Å². The Morgan fingerprint density at radius 2 is 1.79 bits per heavy atom. The number of carbonyl (C=O) groups excluding carboxylic acids is 2. The minimum atomic E-state index is -0.562. The van der Waals surface area contributed by atoms with Crippen LogP contribution >= 0.6 is 23.2 Å². The molecule has 0 bridgehead atoms. The Hall–Kier alpha value is -1.46. The molecule has 0 unspecified atom stereocenters. The number of carbonyl (C=O) groups is 2. The van der Waals surface area contributed by atoms with Crippen LogP contribution in [0.3, 0.4) is 0 Å². The highest BCUT2D eigenvalue weighted by Gasteiger charge is 2.09. The van der Waals surface area contributed by atoms with Gasteiger partial charge in [-0.15, -0.1) is 0 Å². The zero-order chi connectivity index (χ0) is 14.4. The van der Waals surface area contributed by atoms with Crippen LogP contribution < -0.4 is 15.4 Å². The lowest BCUT2D eigenvalue weighted by Gasteiger charge is -2.10. The van der Waals surface area contributed by atoms with Gasteiger partial charge in [-0.3, -0.25) is 10.1 Å². The van der Waals surface area contributed by atoms with Crippen LogP contribution in [0.2, 0.25) is 10.0 Å². The zero-order valence-electron chi connectivity index (χ0n) is 10.5. The fourth-order valence-corrected chi connectivity index (χ4v) is 1.73. The van der Waals surface area contributed by atoms with Gasteiger partial charge in [0.15, 0.2) is 6.61 Å². The molecule has 1 aromatic carbocycles. The Kier molecular flexibility index (Phi) is 5.92. The molecule has 0 fully saturated rings.